The molecule has 0 saturated heterocycles. The van der Waals surface area contributed by atoms with Gasteiger partial charge in [0, 0.05) is 0 Å². The molecule has 0 spiro atoms. The van der Waals surface area contributed by atoms with Crippen LogP contribution in [0.1, 0.15) is 55.2 Å². The van der Waals surface area contributed by atoms with Crippen molar-refractivity contribution in [1.29, 1.82) is 0 Å². The van der Waals surface area contributed by atoms with E-state index in [0.29, 0.717) is 18.3 Å². The van der Waals surface area contributed by atoms with Crippen LogP contribution in [0.5, 0.6) is 5.75 Å². The average Bonchev–Trinajstić information content (AvgIpc) is 2.28. The number of carboxylic acid groups (broad SMARTS) is 1. The second kappa shape index (κ2) is 4.63. The Bertz CT molecular complexity index is 477. The van der Waals surface area contributed by atoms with Crippen molar-refractivity contribution in [2.75, 3.05) is 0 Å². The molecule has 0 radical (unpaired) electrons. The first-order valence-electron chi connectivity index (χ1n) is 6.48. The number of phenolic OH excluding ortho intramolecular Hbond substituents is 1. The minimum atomic E-state index is -0.790. The lowest BCUT2D eigenvalue weighted by atomic mass is 9.72. The van der Waals surface area contributed by atoms with Crippen LogP contribution >= 0.6 is 0 Å². The number of rotatable bonds is 2. The highest BCUT2D eigenvalue weighted by Gasteiger charge is 2.33. The molecule has 1 aromatic rings. The summed E-state index contributed by atoms with van der Waals surface area (Å²) in [5, 5.41) is 19.1. The number of phenols is 1. The lowest BCUT2D eigenvalue weighted by Crippen LogP contribution is -2.23. The van der Waals surface area contributed by atoms with Gasteiger partial charge in [-0.1, -0.05) is 19.9 Å². The van der Waals surface area contributed by atoms with Gasteiger partial charge < -0.3 is 10.2 Å². The van der Waals surface area contributed by atoms with Gasteiger partial charge in [-0.25, -0.2) is 0 Å². The van der Waals surface area contributed by atoms with E-state index in [1.807, 2.05) is 13.0 Å². The van der Waals surface area contributed by atoms with E-state index in [1.165, 1.54) is 0 Å². The van der Waals surface area contributed by atoms with Gasteiger partial charge in [-0.15, -0.1) is 0 Å². The number of aliphatic carboxylic acids is 1. The van der Waals surface area contributed by atoms with Gasteiger partial charge in [0.15, 0.2) is 0 Å². The van der Waals surface area contributed by atoms with Crippen LogP contribution in [0.15, 0.2) is 12.1 Å². The van der Waals surface area contributed by atoms with E-state index in [9.17, 15) is 15.0 Å². The Hall–Kier alpha value is -1.51. The van der Waals surface area contributed by atoms with Crippen molar-refractivity contribution >= 4 is 5.97 Å². The van der Waals surface area contributed by atoms with Gasteiger partial charge in [-0.2, -0.15) is 0 Å². The fourth-order valence-electron chi connectivity index (χ4n) is 2.96. The van der Waals surface area contributed by atoms with Gasteiger partial charge in [0.1, 0.15) is 5.75 Å². The van der Waals surface area contributed by atoms with Crippen LogP contribution in [0.25, 0.3) is 0 Å². The molecule has 0 saturated carbocycles. The first-order valence-corrected chi connectivity index (χ1v) is 6.48. The Morgan fingerprint density at radius 3 is 2.50 bits per heavy atom. The van der Waals surface area contributed by atoms with E-state index in [-0.39, 0.29) is 5.75 Å². The normalized spacial score (nSPS) is 22.9. The third kappa shape index (κ3) is 2.09. The predicted molar refractivity (Wildman–Crippen MR) is 70.0 cm³/mol. The van der Waals surface area contributed by atoms with Gasteiger partial charge in [0.05, 0.1) is 5.92 Å². The fraction of sp³-hybridized carbons (Fsp3) is 0.533. The zero-order chi connectivity index (χ0) is 13.4. The topological polar surface area (TPSA) is 57.5 Å². The molecule has 2 unspecified atom stereocenters. The molecule has 2 N–H and O–H groups in total. The molecule has 0 amide bonds. The molecule has 0 heterocycles. The van der Waals surface area contributed by atoms with Crippen molar-refractivity contribution in [3.63, 3.8) is 0 Å². The van der Waals surface area contributed by atoms with Gasteiger partial charge in [-0.05, 0) is 54.4 Å². The van der Waals surface area contributed by atoms with Gasteiger partial charge in [0.25, 0.3) is 0 Å². The molecule has 3 nitrogen and oxygen atoms in total. The standard InChI is InChI=1S/C15H20O3/c1-8(2)10-4-5-11(15(17)18)13-7-14(16)9(3)6-12(10)13/h6-8,10-11,16H,4-5H2,1-3H3,(H,17,18). The van der Waals surface area contributed by atoms with Crippen LogP contribution in [0, 0.1) is 12.8 Å². The molecule has 0 aliphatic heterocycles. The van der Waals surface area contributed by atoms with Gasteiger partial charge >= 0.3 is 5.97 Å². The van der Waals surface area contributed by atoms with Crippen molar-refractivity contribution in [1.82, 2.24) is 0 Å². The summed E-state index contributed by atoms with van der Waals surface area (Å²) < 4.78 is 0. The summed E-state index contributed by atoms with van der Waals surface area (Å²) in [6.07, 6.45) is 1.57. The van der Waals surface area contributed by atoms with Crippen molar-refractivity contribution in [3.05, 3.63) is 28.8 Å². The lowest BCUT2D eigenvalue weighted by Gasteiger charge is -2.32. The molecular formula is C15H20O3. The zero-order valence-electron chi connectivity index (χ0n) is 11.1. The average molecular weight is 248 g/mol. The van der Waals surface area contributed by atoms with Crippen LogP contribution < -0.4 is 0 Å². The number of carboxylic acids is 1. The maximum Gasteiger partial charge on any atom is 0.310 e. The monoisotopic (exact) mass is 248 g/mol. The zero-order valence-corrected chi connectivity index (χ0v) is 11.1. The highest BCUT2D eigenvalue weighted by molar-refractivity contribution is 5.77. The van der Waals surface area contributed by atoms with Crippen LogP contribution in [-0.4, -0.2) is 16.2 Å². The van der Waals surface area contributed by atoms with Crippen LogP contribution in [0.2, 0.25) is 0 Å². The van der Waals surface area contributed by atoms with Gasteiger partial charge in [-0.3, -0.25) is 4.79 Å². The summed E-state index contributed by atoms with van der Waals surface area (Å²) in [6, 6.07) is 3.61. The molecule has 0 fully saturated rings. The Labute approximate surface area is 107 Å². The van der Waals surface area contributed by atoms with E-state index in [4.69, 9.17) is 0 Å². The van der Waals surface area contributed by atoms with E-state index in [2.05, 4.69) is 13.8 Å². The highest BCUT2D eigenvalue weighted by atomic mass is 16.4. The Balaban J connectivity index is 2.56. The van der Waals surface area contributed by atoms with E-state index in [0.717, 1.165) is 23.1 Å². The molecule has 1 aromatic carbocycles. The molecule has 0 aromatic heterocycles. The molecule has 1 aliphatic carbocycles. The van der Waals surface area contributed by atoms with Crippen LogP contribution in [0.4, 0.5) is 0 Å². The minimum Gasteiger partial charge on any atom is -0.508 e. The first-order chi connectivity index (χ1) is 8.41. The third-order valence-corrected chi connectivity index (χ3v) is 4.05. The summed E-state index contributed by atoms with van der Waals surface area (Å²) in [4.78, 5) is 11.3. The predicted octanol–water partition coefficient (Wildman–Crippen LogP) is 3.40. The van der Waals surface area contributed by atoms with E-state index in [1.54, 1.807) is 6.07 Å². The third-order valence-electron chi connectivity index (χ3n) is 4.05. The molecule has 0 bridgehead atoms. The Morgan fingerprint density at radius 1 is 1.28 bits per heavy atom. The number of fused-ring (bicyclic) bond motifs is 1. The molecule has 3 heteroatoms. The van der Waals surface area contributed by atoms with Crippen molar-refractivity contribution in [2.24, 2.45) is 5.92 Å². The number of aromatic hydroxyl groups is 1. The summed E-state index contributed by atoms with van der Waals surface area (Å²) >= 11 is 0. The minimum absolute atomic E-state index is 0.199. The first kappa shape index (κ1) is 12.9. The molecule has 2 rings (SSSR count). The summed E-state index contributed by atoms with van der Waals surface area (Å²) in [5.74, 6) is -0.176. The molecule has 18 heavy (non-hydrogen) atoms. The summed E-state index contributed by atoms with van der Waals surface area (Å²) in [5.41, 5.74) is 2.74. The quantitative estimate of drug-likeness (QED) is 0.843. The maximum atomic E-state index is 11.3. The van der Waals surface area contributed by atoms with Crippen LogP contribution in [0.3, 0.4) is 0 Å². The highest BCUT2D eigenvalue weighted by Crippen LogP contribution is 2.44. The maximum absolute atomic E-state index is 11.3. The molecule has 98 valence electrons. The number of benzene rings is 1. The molecular weight excluding hydrogens is 228 g/mol. The van der Waals surface area contributed by atoms with Crippen molar-refractivity contribution < 1.29 is 15.0 Å². The Kier molecular flexibility index (Phi) is 3.33. The number of hydrogen-bond acceptors (Lipinski definition) is 2. The summed E-state index contributed by atoms with van der Waals surface area (Å²) in [7, 11) is 0. The molecule has 2 atom stereocenters. The number of hydrogen-bond donors (Lipinski definition) is 2. The fourth-order valence-corrected chi connectivity index (χ4v) is 2.96. The lowest BCUT2D eigenvalue weighted by molar-refractivity contribution is -0.139. The number of carbonyl (C=O) groups is 1. The Morgan fingerprint density at radius 2 is 1.94 bits per heavy atom. The second-order valence-electron chi connectivity index (χ2n) is 5.59. The smallest absolute Gasteiger partial charge is 0.310 e. The van der Waals surface area contributed by atoms with Crippen molar-refractivity contribution in [2.45, 2.75) is 45.4 Å². The number of aryl methyl sites for hydroxylation is 1. The van der Waals surface area contributed by atoms with Gasteiger partial charge in [0.2, 0.25) is 0 Å². The van der Waals surface area contributed by atoms with Crippen molar-refractivity contribution in [3.8, 4) is 5.75 Å². The summed E-state index contributed by atoms with van der Waals surface area (Å²) in [6.45, 7) is 6.19. The van der Waals surface area contributed by atoms with E-state index >= 15 is 0 Å². The second-order valence-corrected chi connectivity index (χ2v) is 5.59. The van der Waals surface area contributed by atoms with E-state index < -0.39 is 11.9 Å². The largest absolute Gasteiger partial charge is 0.508 e. The SMILES string of the molecule is Cc1cc2c(cc1O)C(C(=O)O)CCC2C(C)C. The van der Waals surface area contributed by atoms with Crippen LogP contribution in [-0.2, 0) is 4.79 Å². The molecule has 1 aliphatic rings.